The van der Waals surface area contributed by atoms with Gasteiger partial charge in [0, 0.05) is 18.3 Å². The fraction of sp³-hybridized carbons (Fsp3) is 0.467. The van der Waals surface area contributed by atoms with Gasteiger partial charge < -0.3 is 11.1 Å². The van der Waals surface area contributed by atoms with Crippen LogP contribution in [0.2, 0.25) is 0 Å². The zero-order valence-corrected chi connectivity index (χ0v) is 13.5. The number of pyridine rings is 1. The van der Waals surface area contributed by atoms with Crippen LogP contribution in [-0.2, 0) is 0 Å². The molecular weight excluding hydrogens is 288 g/mol. The van der Waals surface area contributed by atoms with Crippen LogP contribution in [0.5, 0.6) is 0 Å². The second-order valence-corrected chi connectivity index (χ2v) is 5.91. The third-order valence-corrected chi connectivity index (χ3v) is 3.40. The van der Waals surface area contributed by atoms with Crippen molar-refractivity contribution in [2.24, 2.45) is 11.7 Å². The van der Waals surface area contributed by atoms with Crippen molar-refractivity contribution in [3.8, 4) is 0 Å². The summed E-state index contributed by atoms with van der Waals surface area (Å²) < 4.78 is 1.69. The largest absolute Gasteiger partial charge is 0.345 e. The molecule has 3 N–H and O–H groups in total. The minimum absolute atomic E-state index is 0. The highest BCUT2D eigenvalue weighted by atomic mass is 35.5. The van der Waals surface area contributed by atoms with Crippen LogP contribution in [0.25, 0.3) is 5.52 Å². The summed E-state index contributed by atoms with van der Waals surface area (Å²) in [6, 6.07) is 5.65. The molecule has 0 fully saturated rings. The Kier molecular flexibility index (Phi) is 5.75. The number of halogens is 1. The first-order chi connectivity index (χ1) is 9.45. The predicted octanol–water partition coefficient (Wildman–Crippen LogP) is 2.25. The lowest BCUT2D eigenvalue weighted by atomic mass is 9.90. The van der Waals surface area contributed by atoms with Crippen LogP contribution in [0.3, 0.4) is 0 Å². The zero-order chi connectivity index (χ0) is 14.8. The number of aromatic nitrogens is 2. The topological polar surface area (TPSA) is 72.4 Å². The van der Waals surface area contributed by atoms with Crippen LogP contribution in [0, 0.1) is 5.92 Å². The first-order valence-corrected chi connectivity index (χ1v) is 6.90. The molecule has 2 aromatic heterocycles. The summed E-state index contributed by atoms with van der Waals surface area (Å²) >= 11 is 0. The normalized spacial score (nSPS) is 13.8. The Morgan fingerprint density at radius 2 is 2.19 bits per heavy atom. The molecular formula is C15H23ClN4O. The highest BCUT2D eigenvalue weighted by molar-refractivity contribution is 6.00. The average Bonchev–Trinajstić information content (AvgIpc) is 2.81. The molecule has 116 valence electrons. The Balaban J connectivity index is 0.00000220. The van der Waals surface area contributed by atoms with Crippen molar-refractivity contribution in [2.75, 3.05) is 6.54 Å². The van der Waals surface area contributed by atoms with Crippen LogP contribution >= 0.6 is 12.4 Å². The Hall–Kier alpha value is -1.59. The summed E-state index contributed by atoms with van der Waals surface area (Å²) in [5, 5.41) is 7.23. The third-order valence-electron chi connectivity index (χ3n) is 3.40. The van der Waals surface area contributed by atoms with Gasteiger partial charge in [-0.15, -0.1) is 12.4 Å². The van der Waals surface area contributed by atoms with Crippen molar-refractivity contribution in [2.45, 2.75) is 32.7 Å². The standard InChI is InChI=1S/C15H22N4O.ClH/c1-11(2)8-15(3,10-16)18-14(20)12-9-17-19-7-5-4-6-13(12)19;/h4-7,9,11H,8,10,16H2,1-3H3,(H,18,20);1H. The van der Waals surface area contributed by atoms with E-state index in [0.717, 1.165) is 11.9 Å². The molecule has 2 rings (SSSR count). The number of fused-ring (bicyclic) bond motifs is 1. The molecule has 6 heteroatoms. The summed E-state index contributed by atoms with van der Waals surface area (Å²) in [5.41, 5.74) is 6.82. The Morgan fingerprint density at radius 3 is 2.81 bits per heavy atom. The lowest BCUT2D eigenvalue weighted by Crippen LogP contribution is -2.52. The van der Waals surface area contributed by atoms with E-state index in [1.54, 1.807) is 10.7 Å². The van der Waals surface area contributed by atoms with Crippen LogP contribution in [0.15, 0.2) is 30.6 Å². The van der Waals surface area contributed by atoms with Crippen molar-refractivity contribution in [1.82, 2.24) is 14.9 Å². The molecule has 2 heterocycles. The maximum absolute atomic E-state index is 12.5. The van der Waals surface area contributed by atoms with Gasteiger partial charge in [0.1, 0.15) is 0 Å². The summed E-state index contributed by atoms with van der Waals surface area (Å²) in [7, 11) is 0. The van der Waals surface area contributed by atoms with E-state index in [2.05, 4.69) is 24.3 Å². The first kappa shape index (κ1) is 17.5. The molecule has 1 amide bonds. The van der Waals surface area contributed by atoms with E-state index >= 15 is 0 Å². The summed E-state index contributed by atoms with van der Waals surface area (Å²) in [5.74, 6) is 0.340. The number of hydrogen-bond donors (Lipinski definition) is 2. The van der Waals surface area contributed by atoms with Gasteiger partial charge in [0.15, 0.2) is 0 Å². The smallest absolute Gasteiger partial charge is 0.255 e. The van der Waals surface area contributed by atoms with E-state index in [4.69, 9.17) is 5.73 Å². The molecule has 0 aliphatic rings. The maximum atomic E-state index is 12.5. The van der Waals surface area contributed by atoms with Gasteiger partial charge in [-0.2, -0.15) is 5.10 Å². The van der Waals surface area contributed by atoms with Gasteiger partial charge >= 0.3 is 0 Å². The number of amides is 1. The fourth-order valence-electron chi connectivity index (χ4n) is 2.54. The van der Waals surface area contributed by atoms with Crippen molar-refractivity contribution in [3.05, 3.63) is 36.2 Å². The zero-order valence-electron chi connectivity index (χ0n) is 12.7. The van der Waals surface area contributed by atoms with Crippen molar-refractivity contribution in [3.63, 3.8) is 0 Å². The van der Waals surface area contributed by atoms with E-state index in [9.17, 15) is 4.79 Å². The summed E-state index contributed by atoms with van der Waals surface area (Å²) in [6.07, 6.45) is 4.26. The molecule has 5 nitrogen and oxygen atoms in total. The highest BCUT2D eigenvalue weighted by Crippen LogP contribution is 2.17. The number of hydrogen-bond acceptors (Lipinski definition) is 3. The van der Waals surface area contributed by atoms with Crippen LogP contribution in [0.4, 0.5) is 0 Å². The number of carbonyl (C=O) groups excluding carboxylic acids is 1. The van der Waals surface area contributed by atoms with Gasteiger partial charge in [0.2, 0.25) is 0 Å². The maximum Gasteiger partial charge on any atom is 0.255 e. The van der Waals surface area contributed by atoms with E-state index in [-0.39, 0.29) is 18.3 Å². The van der Waals surface area contributed by atoms with Crippen LogP contribution in [0.1, 0.15) is 37.6 Å². The van der Waals surface area contributed by atoms with E-state index in [0.29, 0.717) is 18.0 Å². The SMILES string of the molecule is CC(C)CC(C)(CN)NC(=O)c1cnn2ccccc12.Cl. The number of rotatable bonds is 5. The van der Waals surface area contributed by atoms with Crippen LogP contribution < -0.4 is 11.1 Å². The molecule has 0 radical (unpaired) electrons. The van der Waals surface area contributed by atoms with Crippen molar-refractivity contribution >= 4 is 23.8 Å². The van der Waals surface area contributed by atoms with Crippen LogP contribution in [-0.4, -0.2) is 27.6 Å². The Morgan fingerprint density at radius 1 is 1.48 bits per heavy atom. The molecule has 0 saturated heterocycles. The van der Waals surface area contributed by atoms with Gasteiger partial charge in [-0.1, -0.05) is 19.9 Å². The number of nitrogens with zero attached hydrogens (tertiary/aromatic N) is 2. The molecule has 0 aliphatic carbocycles. The number of carbonyl (C=O) groups is 1. The fourth-order valence-corrected chi connectivity index (χ4v) is 2.54. The highest BCUT2D eigenvalue weighted by Gasteiger charge is 2.27. The number of nitrogens with one attached hydrogen (secondary N) is 1. The average molecular weight is 311 g/mol. The molecule has 0 spiro atoms. The van der Waals surface area contributed by atoms with Gasteiger partial charge in [0.25, 0.3) is 5.91 Å². The molecule has 0 aliphatic heterocycles. The lowest BCUT2D eigenvalue weighted by molar-refractivity contribution is 0.0900. The molecule has 1 atom stereocenters. The van der Waals surface area contributed by atoms with Gasteiger partial charge in [-0.3, -0.25) is 4.79 Å². The van der Waals surface area contributed by atoms with Gasteiger partial charge in [-0.25, -0.2) is 4.52 Å². The van der Waals surface area contributed by atoms with Gasteiger partial charge in [-0.05, 0) is 31.4 Å². The monoisotopic (exact) mass is 310 g/mol. The van der Waals surface area contributed by atoms with Crippen molar-refractivity contribution < 1.29 is 4.79 Å². The quantitative estimate of drug-likeness (QED) is 0.889. The minimum atomic E-state index is -0.395. The second kappa shape index (κ2) is 6.91. The summed E-state index contributed by atoms with van der Waals surface area (Å²) in [6.45, 7) is 6.64. The van der Waals surface area contributed by atoms with E-state index in [1.807, 2.05) is 31.3 Å². The van der Waals surface area contributed by atoms with Gasteiger partial charge in [0.05, 0.1) is 17.3 Å². The Bertz CT molecular complexity index is 610. The Labute approximate surface area is 131 Å². The van der Waals surface area contributed by atoms with E-state index in [1.165, 1.54) is 0 Å². The third kappa shape index (κ3) is 3.95. The second-order valence-electron chi connectivity index (χ2n) is 5.91. The molecule has 2 aromatic rings. The first-order valence-electron chi connectivity index (χ1n) is 6.90. The molecule has 0 saturated carbocycles. The molecule has 0 aromatic carbocycles. The van der Waals surface area contributed by atoms with E-state index < -0.39 is 5.54 Å². The molecule has 1 unspecified atom stereocenters. The predicted molar refractivity (Wildman–Crippen MR) is 86.8 cm³/mol. The minimum Gasteiger partial charge on any atom is -0.345 e. The molecule has 0 bridgehead atoms. The lowest BCUT2D eigenvalue weighted by Gasteiger charge is -2.31. The number of nitrogens with two attached hydrogens (primary N) is 1. The molecule has 21 heavy (non-hydrogen) atoms. The van der Waals surface area contributed by atoms with Crippen molar-refractivity contribution in [1.29, 1.82) is 0 Å². The summed E-state index contributed by atoms with van der Waals surface area (Å²) in [4.78, 5) is 12.5.